The predicted molar refractivity (Wildman–Crippen MR) is 81.1 cm³/mol. The first-order valence-corrected chi connectivity index (χ1v) is 7.14. The number of fused-ring (bicyclic) bond motifs is 3. The second-order valence-corrected chi connectivity index (χ2v) is 5.45. The molecule has 0 spiro atoms. The summed E-state index contributed by atoms with van der Waals surface area (Å²) in [6.45, 7) is 3.13. The van der Waals surface area contributed by atoms with Crippen molar-refractivity contribution < 1.29 is 5.11 Å². The molecule has 1 aliphatic heterocycles. The van der Waals surface area contributed by atoms with Gasteiger partial charge < -0.3 is 15.4 Å². The Bertz CT molecular complexity index is 824. The van der Waals surface area contributed by atoms with Crippen molar-refractivity contribution in [3.05, 3.63) is 41.6 Å². The lowest BCUT2D eigenvalue weighted by Crippen LogP contribution is -2.27. The topological polar surface area (TPSA) is 73.8 Å². The van der Waals surface area contributed by atoms with Crippen LogP contribution in [0.25, 0.3) is 22.3 Å². The quantitative estimate of drug-likeness (QED) is 0.640. The number of para-hydroxylation sites is 1. The third-order valence-electron chi connectivity index (χ3n) is 4.12. The normalized spacial score (nSPS) is 17.9. The molecule has 21 heavy (non-hydrogen) atoms. The van der Waals surface area contributed by atoms with Gasteiger partial charge in [0.25, 0.3) is 0 Å². The fourth-order valence-corrected chi connectivity index (χ4v) is 3.09. The zero-order valence-corrected chi connectivity index (χ0v) is 11.7. The van der Waals surface area contributed by atoms with Crippen LogP contribution in [0.2, 0.25) is 0 Å². The van der Waals surface area contributed by atoms with Gasteiger partial charge in [-0.15, -0.1) is 10.2 Å². The molecule has 0 radical (unpaired) electrons. The number of nitrogens with one attached hydrogen (secondary N) is 2. The number of phenols is 1. The molecule has 5 nitrogen and oxygen atoms in total. The summed E-state index contributed by atoms with van der Waals surface area (Å²) in [6.07, 6.45) is 0.974. The number of aromatic amines is 1. The average molecular weight is 280 g/mol. The molecule has 3 heterocycles. The van der Waals surface area contributed by atoms with Crippen molar-refractivity contribution in [3.63, 3.8) is 0 Å². The van der Waals surface area contributed by atoms with Crippen LogP contribution in [-0.2, 0) is 6.42 Å². The SMILES string of the molecule is C[C@@H]1NCCc2[nH]c3nnc(-c4ccccc4O)cc3c21. The summed E-state index contributed by atoms with van der Waals surface area (Å²) in [7, 11) is 0. The number of rotatable bonds is 1. The molecule has 3 aromatic rings. The number of phenolic OH excluding ortho intramolecular Hbond substituents is 1. The summed E-state index contributed by atoms with van der Waals surface area (Å²) in [4.78, 5) is 3.36. The Balaban J connectivity index is 1.94. The number of H-pyrrole nitrogens is 1. The molecule has 0 saturated carbocycles. The van der Waals surface area contributed by atoms with Crippen molar-refractivity contribution in [2.45, 2.75) is 19.4 Å². The molecule has 5 heteroatoms. The number of hydrogen-bond acceptors (Lipinski definition) is 4. The molecule has 106 valence electrons. The lowest BCUT2D eigenvalue weighted by molar-refractivity contribution is 0.477. The van der Waals surface area contributed by atoms with Crippen molar-refractivity contribution in [1.82, 2.24) is 20.5 Å². The lowest BCUT2D eigenvalue weighted by Gasteiger charge is -2.20. The molecule has 1 atom stereocenters. The lowest BCUT2D eigenvalue weighted by atomic mass is 9.99. The van der Waals surface area contributed by atoms with Gasteiger partial charge in [0.05, 0.1) is 5.69 Å². The maximum atomic E-state index is 9.99. The molecule has 1 aromatic carbocycles. The molecule has 2 aromatic heterocycles. The minimum atomic E-state index is 0.224. The fourth-order valence-electron chi connectivity index (χ4n) is 3.09. The summed E-state index contributed by atoms with van der Waals surface area (Å²) in [5, 5.41) is 23.1. The summed E-state index contributed by atoms with van der Waals surface area (Å²) >= 11 is 0. The minimum absolute atomic E-state index is 0.224. The second-order valence-electron chi connectivity index (χ2n) is 5.45. The van der Waals surface area contributed by atoms with Crippen molar-refractivity contribution >= 4 is 11.0 Å². The highest BCUT2D eigenvalue weighted by Gasteiger charge is 2.22. The van der Waals surface area contributed by atoms with Crippen molar-refractivity contribution in [1.29, 1.82) is 0 Å². The van der Waals surface area contributed by atoms with Gasteiger partial charge in [-0.25, -0.2) is 0 Å². The van der Waals surface area contributed by atoms with Gasteiger partial charge in [-0.1, -0.05) is 12.1 Å². The molecule has 0 unspecified atom stereocenters. The van der Waals surface area contributed by atoms with E-state index >= 15 is 0 Å². The molecule has 3 N–H and O–H groups in total. The van der Waals surface area contributed by atoms with E-state index < -0.39 is 0 Å². The molecule has 4 rings (SSSR count). The highest BCUT2D eigenvalue weighted by atomic mass is 16.3. The number of nitrogens with zero attached hydrogens (tertiary/aromatic N) is 2. The van der Waals surface area contributed by atoms with E-state index in [2.05, 4.69) is 27.4 Å². The van der Waals surface area contributed by atoms with Gasteiger partial charge in [0.1, 0.15) is 5.75 Å². The van der Waals surface area contributed by atoms with Gasteiger partial charge in [-0.2, -0.15) is 0 Å². The molecule has 0 saturated heterocycles. The van der Waals surface area contributed by atoms with Crippen molar-refractivity contribution in [3.8, 4) is 17.0 Å². The van der Waals surface area contributed by atoms with Crippen LogP contribution in [0, 0.1) is 0 Å². The number of benzene rings is 1. The minimum Gasteiger partial charge on any atom is -0.507 e. The first kappa shape index (κ1) is 12.3. The highest BCUT2D eigenvalue weighted by Crippen LogP contribution is 2.33. The first-order valence-electron chi connectivity index (χ1n) is 7.14. The van der Waals surface area contributed by atoms with Gasteiger partial charge in [0, 0.05) is 35.7 Å². The first-order chi connectivity index (χ1) is 10.2. The summed E-state index contributed by atoms with van der Waals surface area (Å²) in [6, 6.07) is 9.51. The Hall–Kier alpha value is -2.40. The number of aromatic nitrogens is 3. The van der Waals surface area contributed by atoms with Crippen LogP contribution in [0.4, 0.5) is 0 Å². The molecule has 1 aliphatic rings. The van der Waals surface area contributed by atoms with Crippen LogP contribution < -0.4 is 5.32 Å². The van der Waals surface area contributed by atoms with Crippen LogP contribution in [0.5, 0.6) is 5.75 Å². The zero-order chi connectivity index (χ0) is 14.4. The van der Waals surface area contributed by atoms with Gasteiger partial charge in [0.2, 0.25) is 0 Å². The fraction of sp³-hybridized carbons (Fsp3) is 0.250. The van der Waals surface area contributed by atoms with Gasteiger partial charge in [-0.05, 0) is 30.7 Å². The molecule has 0 fully saturated rings. The monoisotopic (exact) mass is 280 g/mol. The summed E-state index contributed by atoms with van der Waals surface area (Å²) in [5.41, 5.74) is 4.72. The maximum absolute atomic E-state index is 9.99. The Labute approximate surface area is 122 Å². The van der Waals surface area contributed by atoms with Crippen molar-refractivity contribution in [2.24, 2.45) is 0 Å². The van der Waals surface area contributed by atoms with Crippen LogP contribution >= 0.6 is 0 Å². The van der Waals surface area contributed by atoms with Crippen LogP contribution in [0.15, 0.2) is 30.3 Å². The number of aromatic hydroxyl groups is 1. The van der Waals surface area contributed by atoms with E-state index in [1.807, 2.05) is 18.2 Å². The smallest absolute Gasteiger partial charge is 0.160 e. The molecule has 0 aliphatic carbocycles. The maximum Gasteiger partial charge on any atom is 0.160 e. The van der Waals surface area contributed by atoms with E-state index in [1.54, 1.807) is 12.1 Å². The van der Waals surface area contributed by atoms with E-state index in [9.17, 15) is 5.11 Å². The largest absolute Gasteiger partial charge is 0.507 e. The average Bonchev–Trinajstić information content (AvgIpc) is 2.86. The summed E-state index contributed by atoms with van der Waals surface area (Å²) < 4.78 is 0. The van der Waals surface area contributed by atoms with E-state index in [0.717, 1.165) is 24.0 Å². The number of hydrogen-bond donors (Lipinski definition) is 3. The Morgan fingerprint density at radius 2 is 2.10 bits per heavy atom. The zero-order valence-electron chi connectivity index (χ0n) is 11.7. The van der Waals surface area contributed by atoms with E-state index in [0.29, 0.717) is 17.3 Å². The molecule has 0 bridgehead atoms. The molecule has 0 amide bonds. The molecular formula is C16H16N4O. The van der Waals surface area contributed by atoms with Crippen LogP contribution in [0.3, 0.4) is 0 Å². The highest BCUT2D eigenvalue weighted by molar-refractivity contribution is 5.85. The van der Waals surface area contributed by atoms with E-state index in [1.165, 1.54) is 11.3 Å². The van der Waals surface area contributed by atoms with Gasteiger partial charge >= 0.3 is 0 Å². The second kappa shape index (κ2) is 4.56. The van der Waals surface area contributed by atoms with E-state index in [-0.39, 0.29) is 5.75 Å². The summed E-state index contributed by atoms with van der Waals surface area (Å²) in [5.74, 6) is 0.224. The Morgan fingerprint density at radius 1 is 1.24 bits per heavy atom. The van der Waals surface area contributed by atoms with Crippen LogP contribution in [0.1, 0.15) is 24.2 Å². The van der Waals surface area contributed by atoms with Crippen molar-refractivity contribution in [2.75, 3.05) is 6.54 Å². The third-order valence-corrected chi connectivity index (χ3v) is 4.12. The Morgan fingerprint density at radius 3 is 2.95 bits per heavy atom. The molecular weight excluding hydrogens is 264 g/mol. The van der Waals surface area contributed by atoms with E-state index in [4.69, 9.17) is 0 Å². The van der Waals surface area contributed by atoms with Gasteiger partial charge in [-0.3, -0.25) is 0 Å². The van der Waals surface area contributed by atoms with Crippen LogP contribution in [-0.4, -0.2) is 26.8 Å². The standard InChI is InChI=1S/C16H16N4O/c1-9-15-11-8-13(10-4-2-3-5-14(10)21)19-20-16(11)18-12(15)6-7-17-9/h2-5,8-9,17,21H,6-7H2,1H3,(H,18,20)/t9-/m0/s1. The Kier molecular flexibility index (Phi) is 2.68. The predicted octanol–water partition coefficient (Wildman–Crippen LogP) is 2.54. The third kappa shape index (κ3) is 1.89. The van der Waals surface area contributed by atoms with Gasteiger partial charge in [0.15, 0.2) is 5.65 Å².